The minimum absolute atomic E-state index is 0.0741. The number of hydrogen-bond acceptors (Lipinski definition) is 2. The quantitative estimate of drug-likeness (QED) is 0.535. The van der Waals surface area contributed by atoms with Crippen LogP contribution < -0.4 is 5.32 Å². The third kappa shape index (κ3) is 1.17. The minimum atomic E-state index is -0.794. The van der Waals surface area contributed by atoms with Gasteiger partial charge in [0.15, 0.2) is 0 Å². The smallest absolute Gasteiger partial charge is 0.115 e. The summed E-state index contributed by atoms with van der Waals surface area (Å²) in [5.41, 5.74) is 0. The predicted molar refractivity (Wildman–Crippen MR) is 28.3 cm³/mol. The molecule has 1 fully saturated rings. The molecule has 0 aromatic carbocycles. The zero-order chi connectivity index (χ0) is 5.98. The Hall–Kier alpha value is -0.150. The fraction of sp³-hybridized carbons (Fsp3) is 1.00. The summed E-state index contributed by atoms with van der Waals surface area (Å²) in [5, 5.41) is 2.86. The van der Waals surface area contributed by atoms with Crippen molar-refractivity contribution < 1.29 is 9.13 Å². The first-order valence-corrected chi connectivity index (χ1v) is 2.76. The van der Waals surface area contributed by atoms with Gasteiger partial charge in [-0.3, -0.25) is 5.32 Å². The molecule has 1 saturated heterocycles. The molecule has 0 aromatic heterocycles. The van der Waals surface area contributed by atoms with Crippen LogP contribution in [0.25, 0.3) is 0 Å². The number of ether oxygens (including phenoxy) is 1. The fourth-order valence-corrected chi connectivity index (χ4v) is 0.706. The van der Waals surface area contributed by atoms with Crippen molar-refractivity contribution in [1.82, 2.24) is 5.32 Å². The highest BCUT2D eigenvalue weighted by Crippen LogP contribution is 2.02. The monoisotopic (exact) mass is 119 g/mol. The van der Waals surface area contributed by atoms with Gasteiger partial charge >= 0.3 is 0 Å². The Bertz CT molecular complexity index is 70.8. The van der Waals surface area contributed by atoms with Crippen LogP contribution in [0.5, 0.6) is 0 Å². The molecule has 48 valence electrons. The summed E-state index contributed by atoms with van der Waals surface area (Å²) in [6.07, 6.45) is -0.794. The summed E-state index contributed by atoms with van der Waals surface area (Å²) < 4.78 is 17.1. The SMILES string of the molecule is C[C@@H](F)[C@H]1COCN1. The van der Waals surface area contributed by atoms with Crippen LogP contribution in [0, 0.1) is 0 Å². The zero-order valence-corrected chi connectivity index (χ0v) is 4.86. The Labute approximate surface area is 48.0 Å². The summed E-state index contributed by atoms with van der Waals surface area (Å²) in [7, 11) is 0. The van der Waals surface area contributed by atoms with Crippen LogP contribution in [0.4, 0.5) is 4.39 Å². The molecular weight excluding hydrogens is 109 g/mol. The lowest BCUT2D eigenvalue weighted by Gasteiger charge is -2.06. The van der Waals surface area contributed by atoms with E-state index in [1.165, 1.54) is 6.92 Å². The van der Waals surface area contributed by atoms with Crippen LogP contribution in [-0.4, -0.2) is 25.6 Å². The van der Waals surface area contributed by atoms with Crippen LogP contribution in [0.15, 0.2) is 0 Å². The highest BCUT2D eigenvalue weighted by atomic mass is 19.1. The molecule has 1 rings (SSSR count). The second-order valence-electron chi connectivity index (χ2n) is 2.00. The number of halogens is 1. The maximum Gasteiger partial charge on any atom is 0.115 e. The van der Waals surface area contributed by atoms with E-state index in [1.807, 2.05) is 0 Å². The summed E-state index contributed by atoms with van der Waals surface area (Å²) in [6.45, 7) is 2.54. The molecule has 3 heteroatoms. The summed E-state index contributed by atoms with van der Waals surface area (Å²) in [4.78, 5) is 0. The molecule has 1 N–H and O–H groups in total. The molecule has 2 atom stereocenters. The third-order valence-electron chi connectivity index (χ3n) is 1.30. The Morgan fingerprint density at radius 1 is 1.88 bits per heavy atom. The van der Waals surface area contributed by atoms with Gasteiger partial charge in [0.2, 0.25) is 0 Å². The van der Waals surface area contributed by atoms with Gasteiger partial charge in [0, 0.05) is 0 Å². The largest absolute Gasteiger partial charge is 0.365 e. The molecule has 0 saturated carbocycles. The molecule has 8 heavy (non-hydrogen) atoms. The van der Waals surface area contributed by atoms with Crippen molar-refractivity contribution in [3.8, 4) is 0 Å². The Morgan fingerprint density at radius 3 is 2.88 bits per heavy atom. The molecule has 0 amide bonds. The lowest BCUT2D eigenvalue weighted by molar-refractivity contribution is 0.179. The normalized spacial score (nSPS) is 33.0. The average molecular weight is 119 g/mol. The molecule has 0 aromatic rings. The predicted octanol–water partition coefficient (Wildman–Crippen LogP) is 0.290. The maximum atomic E-state index is 12.3. The van der Waals surface area contributed by atoms with Crippen molar-refractivity contribution in [1.29, 1.82) is 0 Å². The second-order valence-corrected chi connectivity index (χ2v) is 2.00. The standard InChI is InChI=1S/C5H10FNO/c1-4(6)5-2-8-3-7-5/h4-5,7H,2-3H2,1H3/t4-,5-/m1/s1. The summed E-state index contributed by atoms with van der Waals surface area (Å²) in [5.74, 6) is 0. The van der Waals surface area contributed by atoms with Gasteiger partial charge in [-0.1, -0.05) is 0 Å². The van der Waals surface area contributed by atoms with Gasteiger partial charge in [0.1, 0.15) is 6.17 Å². The molecule has 0 bridgehead atoms. The van der Waals surface area contributed by atoms with E-state index in [-0.39, 0.29) is 6.04 Å². The first kappa shape index (κ1) is 5.98. The van der Waals surface area contributed by atoms with Crippen LogP contribution in [0.2, 0.25) is 0 Å². The number of nitrogens with one attached hydrogen (secondary N) is 1. The molecule has 0 aliphatic carbocycles. The van der Waals surface area contributed by atoms with Gasteiger partial charge in [-0.25, -0.2) is 4.39 Å². The molecule has 1 heterocycles. The van der Waals surface area contributed by atoms with Crippen molar-refractivity contribution in [2.45, 2.75) is 19.1 Å². The van der Waals surface area contributed by atoms with E-state index in [4.69, 9.17) is 4.74 Å². The number of rotatable bonds is 1. The Morgan fingerprint density at radius 2 is 2.62 bits per heavy atom. The fourth-order valence-electron chi connectivity index (χ4n) is 0.706. The third-order valence-corrected chi connectivity index (χ3v) is 1.30. The second kappa shape index (κ2) is 2.42. The van der Waals surface area contributed by atoms with E-state index in [9.17, 15) is 4.39 Å². The lowest BCUT2D eigenvalue weighted by atomic mass is 10.2. The highest BCUT2D eigenvalue weighted by Gasteiger charge is 2.20. The summed E-state index contributed by atoms with van der Waals surface area (Å²) in [6, 6.07) is -0.0741. The van der Waals surface area contributed by atoms with Crippen molar-refractivity contribution in [3.05, 3.63) is 0 Å². The van der Waals surface area contributed by atoms with Crippen LogP contribution in [0.3, 0.4) is 0 Å². The first-order valence-electron chi connectivity index (χ1n) is 2.76. The van der Waals surface area contributed by atoms with E-state index < -0.39 is 6.17 Å². The van der Waals surface area contributed by atoms with Gasteiger partial charge in [0.05, 0.1) is 19.4 Å². The Kier molecular flexibility index (Phi) is 1.81. The van der Waals surface area contributed by atoms with E-state index in [2.05, 4.69) is 5.32 Å². The number of alkyl halides is 1. The van der Waals surface area contributed by atoms with Crippen molar-refractivity contribution in [3.63, 3.8) is 0 Å². The van der Waals surface area contributed by atoms with Crippen LogP contribution >= 0.6 is 0 Å². The molecule has 0 radical (unpaired) electrons. The van der Waals surface area contributed by atoms with Gasteiger partial charge < -0.3 is 4.74 Å². The average Bonchev–Trinajstić information content (AvgIpc) is 2.12. The van der Waals surface area contributed by atoms with Crippen molar-refractivity contribution in [2.75, 3.05) is 13.3 Å². The van der Waals surface area contributed by atoms with E-state index in [0.29, 0.717) is 13.3 Å². The highest BCUT2D eigenvalue weighted by molar-refractivity contribution is 4.74. The van der Waals surface area contributed by atoms with Crippen LogP contribution in [0.1, 0.15) is 6.92 Å². The molecular formula is C5H10FNO. The molecule has 1 aliphatic heterocycles. The van der Waals surface area contributed by atoms with Gasteiger partial charge in [-0.15, -0.1) is 0 Å². The van der Waals surface area contributed by atoms with E-state index >= 15 is 0 Å². The molecule has 0 spiro atoms. The van der Waals surface area contributed by atoms with Gasteiger partial charge in [-0.2, -0.15) is 0 Å². The van der Waals surface area contributed by atoms with E-state index in [1.54, 1.807) is 0 Å². The van der Waals surface area contributed by atoms with Gasteiger partial charge in [-0.05, 0) is 6.92 Å². The topological polar surface area (TPSA) is 21.3 Å². The molecule has 1 aliphatic rings. The summed E-state index contributed by atoms with van der Waals surface area (Å²) >= 11 is 0. The molecule has 0 unspecified atom stereocenters. The Balaban J connectivity index is 2.24. The van der Waals surface area contributed by atoms with E-state index in [0.717, 1.165) is 0 Å². The lowest BCUT2D eigenvalue weighted by Crippen LogP contribution is -2.31. The van der Waals surface area contributed by atoms with Crippen molar-refractivity contribution >= 4 is 0 Å². The van der Waals surface area contributed by atoms with Crippen LogP contribution in [-0.2, 0) is 4.74 Å². The van der Waals surface area contributed by atoms with Crippen molar-refractivity contribution in [2.24, 2.45) is 0 Å². The zero-order valence-electron chi connectivity index (χ0n) is 4.86. The maximum absolute atomic E-state index is 12.3. The minimum Gasteiger partial charge on any atom is -0.365 e. The first-order chi connectivity index (χ1) is 3.80. The van der Waals surface area contributed by atoms with Gasteiger partial charge in [0.25, 0.3) is 0 Å². The number of hydrogen-bond donors (Lipinski definition) is 1. The molecule has 2 nitrogen and oxygen atoms in total.